The van der Waals surface area contributed by atoms with Crippen molar-refractivity contribution in [3.8, 4) is 5.75 Å². The molecule has 0 unspecified atom stereocenters. The highest BCUT2D eigenvalue weighted by Crippen LogP contribution is 2.23. The van der Waals surface area contributed by atoms with Gasteiger partial charge in [-0.25, -0.2) is 9.78 Å². The van der Waals surface area contributed by atoms with Gasteiger partial charge in [0.05, 0.1) is 12.1 Å². The zero-order valence-corrected chi connectivity index (χ0v) is 10.4. The van der Waals surface area contributed by atoms with E-state index in [1.165, 1.54) is 0 Å². The van der Waals surface area contributed by atoms with Gasteiger partial charge >= 0.3 is 12.1 Å². The summed E-state index contributed by atoms with van der Waals surface area (Å²) in [6.07, 6.45) is -4.33. The summed E-state index contributed by atoms with van der Waals surface area (Å²) in [7, 11) is 0. The van der Waals surface area contributed by atoms with Gasteiger partial charge in [-0.2, -0.15) is 13.2 Å². The van der Waals surface area contributed by atoms with Crippen molar-refractivity contribution in [3.63, 3.8) is 0 Å². The average molecular weight is 305 g/mol. The Balaban J connectivity index is 2.23. The number of alkyl halides is 3. The number of halogens is 3. The second-order valence-corrected chi connectivity index (χ2v) is 4.24. The molecule has 0 atom stereocenters. The smallest absolute Gasteiger partial charge is 0.493 e. The van der Waals surface area contributed by atoms with Crippen molar-refractivity contribution in [2.45, 2.75) is 6.18 Å². The maximum absolute atomic E-state index is 12.3. The molecule has 2 heterocycles. The summed E-state index contributed by atoms with van der Waals surface area (Å²) in [5.74, 6) is -4.55. The number of rotatable bonds is 2. The van der Waals surface area contributed by atoms with E-state index in [0.29, 0.717) is 0 Å². The quantitative estimate of drug-likeness (QED) is 0.767. The van der Waals surface area contributed by atoms with Crippen molar-refractivity contribution in [2.24, 2.45) is 5.92 Å². The van der Waals surface area contributed by atoms with E-state index in [0.717, 1.165) is 18.3 Å². The predicted molar refractivity (Wildman–Crippen MR) is 61.9 cm³/mol. The highest BCUT2D eigenvalue weighted by atomic mass is 19.4. The summed E-state index contributed by atoms with van der Waals surface area (Å²) >= 11 is 0. The van der Waals surface area contributed by atoms with Gasteiger partial charge in [0, 0.05) is 13.1 Å². The Hall–Kier alpha value is -2.36. The third-order valence-corrected chi connectivity index (χ3v) is 2.68. The third kappa shape index (κ3) is 3.40. The monoisotopic (exact) mass is 305 g/mol. The molecule has 1 aliphatic heterocycles. The van der Waals surface area contributed by atoms with Crippen LogP contribution in [0.15, 0.2) is 18.3 Å². The Labute approximate surface area is 116 Å². The molecule has 7 nitrogen and oxygen atoms in total. The normalized spacial score (nSPS) is 15.2. The van der Waals surface area contributed by atoms with Crippen LogP contribution in [0, 0.1) is 5.92 Å². The standard InChI is InChI=1S/C11H10F3N3O4/c12-11(13,14)10(20)21-17(9(19)6-3-15-4-6)8-2-1-7(18)5-16-8/h1-2,5-6,15,18H,3-4H2. The zero-order chi connectivity index (χ0) is 15.6. The highest BCUT2D eigenvalue weighted by molar-refractivity contribution is 5.95. The number of anilines is 1. The lowest BCUT2D eigenvalue weighted by atomic mass is 10.0. The molecule has 21 heavy (non-hydrogen) atoms. The highest BCUT2D eigenvalue weighted by Gasteiger charge is 2.45. The number of hydroxylamine groups is 1. The van der Waals surface area contributed by atoms with Crippen LogP contribution in [0.1, 0.15) is 0 Å². The number of nitrogens with zero attached hydrogens (tertiary/aromatic N) is 2. The molecule has 0 saturated carbocycles. The fraction of sp³-hybridized carbons (Fsp3) is 0.364. The van der Waals surface area contributed by atoms with Crippen LogP contribution in [-0.4, -0.2) is 41.2 Å². The fourth-order valence-electron chi connectivity index (χ4n) is 1.47. The Morgan fingerprint density at radius 3 is 2.48 bits per heavy atom. The van der Waals surface area contributed by atoms with Crippen LogP contribution in [0.4, 0.5) is 19.0 Å². The van der Waals surface area contributed by atoms with Crippen molar-refractivity contribution >= 4 is 17.7 Å². The Morgan fingerprint density at radius 2 is 2.05 bits per heavy atom. The maximum Gasteiger partial charge on any atom is 0.493 e. The number of aromatic nitrogens is 1. The first-order chi connectivity index (χ1) is 9.79. The molecule has 2 N–H and O–H groups in total. The van der Waals surface area contributed by atoms with Crippen LogP contribution in [0.3, 0.4) is 0 Å². The van der Waals surface area contributed by atoms with Crippen molar-refractivity contribution < 1.29 is 32.7 Å². The van der Waals surface area contributed by atoms with Crippen LogP contribution >= 0.6 is 0 Å². The molecule has 0 aliphatic carbocycles. The number of carbonyl (C=O) groups excluding carboxylic acids is 2. The minimum Gasteiger partial charge on any atom is -0.506 e. The average Bonchev–Trinajstić information content (AvgIpc) is 2.33. The first-order valence-corrected chi connectivity index (χ1v) is 5.78. The summed E-state index contributed by atoms with van der Waals surface area (Å²) in [4.78, 5) is 30.6. The number of hydrogen-bond acceptors (Lipinski definition) is 6. The van der Waals surface area contributed by atoms with Gasteiger partial charge in [0.25, 0.3) is 5.91 Å². The summed E-state index contributed by atoms with van der Waals surface area (Å²) < 4.78 is 36.8. The van der Waals surface area contributed by atoms with Crippen LogP contribution in [0.5, 0.6) is 5.75 Å². The first kappa shape index (κ1) is 15.0. The first-order valence-electron chi connectivity index (χ1n) is 5.78. The van der Waals surface area contributed by atoms with Crippen LogP contribution in [0.25, 0.3) is 0 Å². The fourth-order valence-corrected chi connectivity index (χ4v) is 1.47. The largest absolute Gasteiger partial charge is 0.506 e. The van der Waals surface area contributed by atoms with E-state index >= 15 is 0 Å². The lowest BCUT2D eigenvalue weighted by Crippen LogP contribution is -2.53. The molecule has 1 amide bonds. The molecule has 0 aromatic carbocycles. The Morgan fingerprint density at radius 1 is 1.38 bits per heavy atom. The van der Waals surface area contributed by atoms with E-state index in [4.69, 9.17) is 5.11 Å². The van der Waals surface area contributed by atoms with Gasteiger partial charge in [-0.1, -0.05) is 0 Å². The van der Waals surface area contributed by atoms with Gasteiger partial charge in [0.15, 0.2) is 5.82 Å². The molecule has 1 fully saturated rings. The van der Waals surface area contributed by atoms with Crippen molar-refractivity contribution in [2.75, 3.05) is 18.2 Å². The van der Waals surface area contributed by atoms with Crippen molar-refractivity contribution in [1.29, 1.82) is 0 Å². The van der Waals surface area contributed by atoms with E-state index in [-0.39, 0.29) is 29.7 Å². The lowest BCUT2D eigenvalue weighted by Gasteiger charge is -2.30. The van der Waals surface area contributed by atoms with Gasteiger partial charge < -0.3 is 15.3 Å². The van der Waals surface area contributed by atoms with E-state index in [2.05, 4.69) is 15.1 Å². The molecule has 10 heteroatoms. The van der Waals surface area contributed by atoms with Crippen LogP contribution in [0.2, 0.25) is 0 Å². The van der Waals surface area contributed by atoms with Gasteiger partial charge in [-0.05, 0) is 12.1 Å². The van der Waals surface area contributed by atoms with E-state index in [1.54, 1.807) is 0 Å². The molecule has 1 aliphatic rings. The van der Waals surface area contributed by atoms with Gasteiger partial charge in [0.2, 0.25) is 0 Å². The van der Waals surface area contributed by atoms with Crippen molar-refractivity contribution in [3.05, 3.63) is 18.3 Å². The molecule has 1 aromatic rings. The Kier molecular flexibility index (Phi) is 3.98. The molecule has 2 rings (SSSR count). The molecule has 114 valence electrons. The van der Waals surface area contributed by atoms with E-state index in [9.17, 15) is 22.8 Å². The number of amides is 1. The summed E-state index contributed by atoms with van der Waals surface area (Å²) in [6, 6.07) is 2.16. The summed E-state index contributed by atoms with van der Waals surface area (Å²) in [5, 5.41) is 12.1. The summed E-state index contributed by atoms with van der Waals surface area (Å²) in [6.45, 7) is 0.522. The zero-order valence-electron chi connectivity index (χ0n) is 10.4. The molecule has 1 aromatic heterocycles. The number of nitrogens with one attached hydrogen (secondary N) is 1. The Bertz CT molecular complexity index is 543. The second kappa shape index (κ2) is 5.56. The topological polar surface area (TPSA) is 91.8 Å². The SMILES string of the molecule is O=C(C1CNC1)N(OC(=O)C(F)(F)F)c1ccc(O)cn1. The van der Waals surface area contributed by atoms with Gasteiger partial charge in [-0.15, -0.1) is 5.06 Å². The molecule has 0 spiro atoms. The molecular weight excluding hydrogens is 295 g/mol. The van der Waals surface area contributed by atoms with Gasteiger partial charge in [0.1, 0.15) is 5.75 Å². The lowest BCUT2D eigenvalue weighted by molar-refractivity contribution is -0.202. The molecular formula is C11H10F3N3O4. The van der Waals surface area contributed by atoms with E-state index < -0.39 is 24.0 Å². The minimum absolute atomic E-state index is 0.195. The van der Waals surface area contributed by atoms with Crippen LogP contribution < -0.4 is 10.4 Å². The molecule has 0 radical (unpaired) electrons. The van der Waals surface area contributed by atoms with Crippen molar-refractivity contribution in [1.82, 2.24) is 10.3 Å². The number of carbonyl (C=O) groups is 2. The van der Waals surface area contributed by atoms with E-state index in [1.807, 2.05) is 0 Å². The second-order valence-electron chi connectivity index (χ2n) is 4.24. The number of aromatic hydroxyl groups is 1. The third-order valence-electron chi connectivity index (χ3n) is 2.68. The molecule has 1 saturated heterocycles. The predicted octanol–water partition coefficient (Wildman–Crippen LogP) is 0.360. The summed E-state index contributed by atoms with van der Waals surface area (Å²) in [5.41, 5.74) is 0. The number of hydrogen-bond donors (Lipinski definition) is 2. The number of pyridine rings is 1. The van der Waals surface area contributed by atoms with Gasteiger partial charge in [-0.3, -0.25) is 4.79 Å². The van der Waals surface area contributed by atoms with Crippen LogP contribution in [-0.2, 0) is 14.4 Å². The minimum atomic E-state index is -5.24. The maximum atomic E-state index is 12.3. The molecule has 0 bridgehead atoms.